The van der Waals surface area contributed by atoms with Crippen molar-refractivity contribution in [3.63, 3.8) is 0 Å². The van der Waals surface area contributed by atoms with E-state index in [9.17, 15) is 9.59 Å². The molecule has 29 heavy (non-hydrogen) atoms. The van der Waals surface area contributed by atoms with Gasteiger partial charge in [-0.3, -0.25) is 4.79 Å². The van der Waals surface area contributed by atoms with Gasteiger partial charge in [-0.25, -0.2) is 4.79 Å². The third-order valence-electron chi connectivity index (χ3n) is 4.82. The number of hydrogen-bond donors (Lipinski definition) is 1. The van der Waals surface area contributed by atoms with Crippen molar-refractivity contribution in [2.24, 2.45) is 0 Å². The van der Waals surface area contributed by atoms with Crippen molar-refractivity contribution in [2.75, 3.05) is 12.4 Å². The van der Waals surface area contributed by atoms with Crippen LogP contribution in [0.1, 0.15) is 48.4 Å². The summed E-state index contributed by atoms with van der Waals surface area (Å²) in [6, 6.07) is 12.9. The number of carbonyl (C=O) groups is 2. The van der Waals surface area contributed by atoms with Gasteiger partial charge in [0.25, 0.3) is 5.91 Å². The van der Waals surface area contributed by atoms with Crippen molar-refractivity contribution in [3.05, 3.63) is 59.4 Å². The summed E-state index contributed by atoms with van der Waals surface area (Å²) in [7, 11) is 1.57. The highest BCUT2D eigenvalue weighted by atomic mass is 16.6. The summed E-state index contributed by atoms with van der Waals surface area (Å²) in [6.45, 7) is 7.40. The van der Waals surface area contributed by atoms with Gasteiger partial charge in [0.15, 0.2) is 6.10 Å². The van der Waals surface area contributed by atoms with Crippen molar-refractivity contribution in [1.82, 2.24) is 0 Å². The molecule has 1 aromatic heterocycles. The third-order valence-corrected chi connectivity index (χ3v) is 4.82. The van der Waals surface area contributed by atoms with E-state index in [1.165, 1.54) is 6.92 Å². The van der Waals surface area contributed by atoms with E-state index in [0.29, 0.717) is 22.6 Å². The van der Waals surface area contributed by atoms with Crippen LogP contribution in [0.4, 0.5) is 5.69 Å². The summed E-state index contributed by atoms with van der Waals surface area (Å²) in [5.41, 5.74) is 2.92. The molecular formula is C23H25NO5. The predicted octanol–water partition coefficient (Wildman–Crippen LogP) is 5.06. The van der Waals surface area contributed by atoms with Gasteiger partial charge in [-0.2, -0.15) is 0 Å². The number of carbonyl (C=O) groups excluding carboxylic acids is 2. The maximum absolute atomic E-state index is 12.6. The van der Waals surface area contributed by atoms with Crippen molar-refractivity contribution in [1.29, 1.82) is 0 Å². The van der Waals surface area contributed by atoms with Gasteiger partial charge in [0.05, 0.1) is 7.11 Å². The largest absolute Gasteiger partial charge is 0.497 e. The van der Waals surface area contributed by atoms with Crippen LogP contribution in [0.15, 0.2) is 46.9 Å². The van der Waals surface area contributed by atoms with Gasteiger partial charge < -0.3 is 19.2 Å². The zero-order valence-corrected chi connectivity index (χ0v) is 17.2. The SMILES string of the molecule is COc1ccc2oc(C(=O)O[C@H](C)C(=O)Nc3ccccc3C(C)C)c(C)c2c1. The van der Waals surface area contributed by atoms with E-state index in [4.69, 9.17) is 13.9 Å². The molecule has 2 aromatic carbocycles. The van der Waals surface area contributed by atoms with Gasteiger partial charge in [0, 0.05) is 16.6 Å². The molecular weight excluding hydrogens is 370 g/mol. The smallest absolute Gasteiger partial charge is 0.375 e. The van der Waals surface area contributed by atoms with E-state index in [1.807, 2.05) is 38.1 Å². The van der Waals surface area contributed by atoms with Crippen LogP contribution in [0.3, 0.4) is 0 Å². The molecule has 1 atom stereocenters. The Labute approximate surface area is 169 Å². The Morgan fingerprint density at radius 3 is 2.48 bits per heavy atom. The lowest BCUT2D eigenvalue weighted by Crippen LogP contribution is -2.30. The molecule has 0 saturated carbocycles. The molecule has 152 valence electrons. The molecule has 1 N–H and O–H groups in total. The minimum Gasteiger partial charge on any atom is -0.497 e. The monoisotopic (exact) mass is 395 g/mol. The molecule has 0 saturated heterocycles. The molecule has 3 aromatic rings. The summed E-state index contributed by atoms with van der Waals surface area (Å²) in [5, 5.41) is 3.60. The molecule has 0 bridgehead atoms. The first-order chi connectivity index (χ1) is 13.8. The van der Waals surface area contributed by atoms with E-state index >= 15 is 0 Å². The normalized spacial score (nSPS) is 12.1. The number of ether oxygens (including phenoxy) is 2. The Bertz CT molecular complexity index is 1050. The number of rotatable bonds is 6. The molecule has 0 spiro atoms. The second-order valence-electron chi connectivity index (χ2n) is 7.20. The Balaban J connectivity index is 1.74. The number of fused-ring (bicyclic) bond motifs is 1. The highest BCUT2D eigenvalue weighted by Crippen LogP contribution is 2.29. The van der Waals surface area contributed by atoms with E-state index in [0.717, 1.165) is 10.9 Å². The summed E-state index contributed by atoms with van der Waals surface area (Å²) >= 11 is 0. The summed E-state index contributed by atoms with van der Waals surface area (Å²) in [5.74, 6) is -0.0905. The molecule has 0 aliphatic heterocycles. The lowest BCUT2D eigenvalue weighted by Gasteiger charge is -2.16. The molecule has 3 rings (SSSR count). The number of aryl methyl sites for hydroxylation is 1. The molecule has 0 aliphatic rings. The van der Waals surface area contributed by atoms with Crippen molar-refractivity contribution >= 4 is 28.5 Å². The maximum Gasteiger partial charge on any atom is 0.375 e. The number of nitrogens with one attached hydrogen (secondary N) is 1. The van der Waals surface area contributed by atoms with Crippen molar-refractivity contribution in [2.45, 2.75) is 39.7 Å². The second kappa shape index (κ2) is 8.39. The van der Waals surface area contributed by atoms with E-state index in [1.54, 1.807) is 32.2 Å². The minimum absolute atomic E-state index is 0.0792. The first-order valence-corrected chi connectivity index (χ1v) is 9.49. The van der Waals surface area contributed by atoms with Crippen molar-refractivity contribution in [3.8, 4) is 5.75 Å². The summed E-state index contributed by atoms with van der Waals surface area (Å²) in [4.78, 5) is 25.2. The molecule has 1 amide bonds. The molecule has 6 heteroatoms. The number of esters is 1. The van der Waals surface area contributed by atoms with Crippen LogP contribution in [0.2, 0.25) is 0 Å². The highest BCUT2D eigenvalue weighted by molar-refractivity contribution is 5.99. The number of furan rings is 1. The topological polar surface area (TPSA) is 77.8 Å². The Morgan fingerprint density at radius 1 is 1.07 bits per heavy atom. The number of methoxy groups -OCH3 is 1. The highest BCUT2D eigenvalue weighted by Gasteiger charge is 2.25. The number of amides is 1. The molecule has 1 heterocycles. The first kappa shape index (κ1) is 20.5. The average Bonchev–Trinajstić information content (AvgIpc) is 3.04. The van der Waals surface area contributed by atoms with E-state index < -0.39 is 18.0 Å². The number of para-hydroxylation sites is 1. The number of benzene rings is 2. The fourth-order valence-corrected chi connectivity index (χ4v) is 3.14. The van der Waals surface area contributed by atoms with Crippen LogP contribution in [-0.2, 0) is 9.53 Å². The number of hydrogen-bond acceptors (Lipinski definition) is 5. The van der Waals surface area contributed by atoms with Gasteiger partial charge in [0.1, 0.15) is 11.3 Å². The van der Waals surface area contributed by atoms with Crippen LogP contribution < -0.4 is 10.1 Å². The van der Waals surface area contributed by atoms with Crippen LogP contribution in [0.5, 0.6) is 5.75 Å². The van der Waals surface area contributed by atoms with Crippen molar-refractivity contribution < 1.29 is 23.5 Å². The third kappa shape index (κ3) is 4.26. The molecule has 0 radical (unpaired) electrons. The minimum atomic E-state index is -0.982. The standard InChI is InChI=1S/C23H25NO5/c1-13(2)17-8-6-7-9-19(17)24-22(25)15(4)28-23(26)21-14(3)18-12-16(27-5)10-11-20(18)29-21/h6-13,15H,1-5H3,(H,24,25)/t15-/m1/s1. The fourth-order valence-electron chi connectivity index (χ4n) is 3.14. The lowest BCUT2D eigenvalue weighted by molar-refractivity contribution is -0.123. The Kier molecular flexibility index (Phi) is 5.92. The predicted molar refractivity (Wildman–Crippen MR) is 112 cm³/mol. The van der Waals surface area contributed by atoms with Crippen LogP contribution in [0, 0.1) is 6.92 Å². The Hall–Kier alpha value is -3.28. The lowest BCUT2D eigenvalue weighted by atomic mass is 10.0. The molecule has 0 fully saturated rings. The number of anilines is 1. The van der Waals surface area contributed by atoms with Gasteiger partial charge >= 0.3 is 5.97 Å². The zero-order chi connectivity index (χ0) is 21.1. The van der Waals surface area contributed by atoms with Gasteiger partial charge in [-0.05, 0) is 49.6 Å². The van der Waals surface area contributed by atoms with E-state index in [-0.39, 0.29) is 11.7 Å². The molecule has 6 nitrogen and oxygen atoms in total. The van der Waals surface area contributed by atoms with Gasteiger partial charge in [0.2, 0.25) is 5.76 Å². The van der Waals surface area contributed by atoms with Gasteiger partial charge in [-0.1, -0.05) is 32.0 Å². The van der Waals surface area contributed by atoms with E-state index in [2.05, 4.69) is 5.32 Å². The summed E-state index contributed by atoms with van der Waals surface area (Å²) in [6.07, 6.45) is -0.982. The molecule has 0 aliphatic carbocycles. The van der Waals surface area contributed by atoms with Crippen LogP contribution >= 0.6 is 0 Å². The van der Waals surface area contributed by atoms with Crippen LogP contribution in [0.25, 0.3) is 11.0 Å². The first-order valence-electron chi connectivity index (χ1n) is 9.49. The maximum atomic E-state index is 12.6. The fraction of sp³-hybridized carbons (Fsp3) is 0.304. The van der Waals surface area contributed by atoms with Crippen LogP contribution in [-0.4, -0.2) is 25.1 Å². The summed E-state index contributed by atoms with van der Waals surface area (Å²) < 4.78 is 16.2. The quantitative estimate of drug-likeness (QED) is 0.591. The van der Waals surface area contributed by atoms with Gasteiger partial charge in [-0.15, -0.1) is 0 Å². The average molecular weight is 395 g/mol. The molecule has 0 unspecified atom stereocenters. The Morgan fingerprint density at radius 2 is 1.79 bits per heavy atom. The second-order valence-corrected chi connectivity index (χ2v) is 7.20. The zero-order valence-electron chi connectivity index (χ0n) is 17.2.